The Morgan fingerprint density at radius 2 is 2.00 bits per heavy atom. The van der Waals surface area contributed by atoms with Crippen LogP contribution < -0.4 is 10.6 Å². The van der Waals surface area contributed by atoms with Gasteiger partial charge in [0.05, 0.1) is 0 Å². The van der Waals surface area contributed by atoms with E-state index in [1.54, 1.807) is 0 Å². The lowest BCUT2D eigenvalue weighted by Crippen LogP contribution is -2.40. The van der Waals surface area contributed by atoms with E-state index < -0.39 is 0 Å². The fourth-order valence-corrected chi connectivity index (χ4v) is 2.26. The highest BCUT2D eigenvalue weighted by Crippen LogP contribution is 2.17. The van der Waals surface area contributed by atoms with Crippen molar-refractivity contribution in [2.24, 2.45) is 11.8 Å². The van der Waals surface area contributed by atoms with Crippen LogP contribution in [-0.4, -0.2) is 42.2 Å². The molecule has 1 rings (SSSR count). The van der Waals surface area contributed by atoms with E-state index in [0.29, 0.717) is 12.0 Å². The summed E-state index contributed by atoms with van der Waals surface area (Å²) in [5, 5.41) is 7.39. The second-order valence-electron chi connectivity index (χ2n) is 5.73. The Balaban J connectivity index is 2.13. The molecule has 0 amide bonds. The molecule has 2 N–H and O–H groups in total. The smallest absolute Gasteiger partial charge is 0.166 e. The number of hydrogen-bond donors (Lipinski definition) is 2. The fourth-order valence-electron chi connectivity index (χ4n) is 2.09. The Morgan fingerprint density at radius 3 is 2.53 bits per heavy atom. The summed E-state index contributed by atoms with van der Waals surface area (Å²) in [6.45, 7) is 13.3. The number of nitrogens with zero attached hydrogens (tertiary/aromatic N) is 1. The third-order valence-electron chi connectivity index (χ3n) is 3.27. The molecule has 0 spiro atoms. The molecule has 0 aromatic carbocycles. The molecule has 1 aliphatic rings. The Bertz CT molecular complexity index is 241. The first kappa shape index (κ1) is 14.7. The van der Waals surface area contributed by atoms with Gasteiger partial charge in [-0.2, -0.15) is 0 Å². The van der Waals surface area contributed by atoms with Crippen LogP contribution in [0.3, 0.4) is 0 Å². The lowest BCUT2D eigenvalue weighted by molar-refractivity contribution is 0.265. The van der Waals surface area contributed by atoms with Crippen molar-refractivity contribution in [2.75, 3.05) is 26.2 Å². The highest BCUT2D eigenvalue weighted by Gasteiger charge is 2.23. The molecule has 4 heteroatoms. The molecule has 1 saturated heterocycles. The minimum Gasteiger partial charge on any atom is -0.362 e. The number of nitrogens with one attached hydrogen (secondary N) is 2. The van der Waals surface area contributed by atoms with Crippen LogP contribution in [0.2, 0.25) is 0 Å². The van der Waals surface area contributed by atoms with Gasteiger partial charge in [0.2, 0.25) is 0 Å². The molecule has 3 nitrogen and oxygen atoms in total. The van der Waals surface area contributed by atoms with Crippen LogP contribution in [0.4, 0.5) is 0 Å². The van der Waals surface area contributed by atoms with Crippen LogP contribution in [0.25, 0.3) is 0 Å². The van der Waals surface area contributed by atoms with E-state index in [1.165, 1.54) is 19.5 Å². The summed E-state index contributed by atoms with van der Waals surface area (Å²) in [4.78, 5) is 2.54. The van der Waals surface area contributed by atoms with Gasteiger partial charge in [0.25, 0.3) is 0 Å². The fraction of sp³-hybridized carbons (Fsp3) is 0.923. The lowest BCUT2D eigenvalue weighted by Gasteiger charge is -2.20. The topological polar surface area (TPSA) is 27.3 Å². The average molecular weight is 257 g/mol. The molecule has 0 aliphatic carbocycles. The van der Waals surface area contributed by atoms with Crippen molar-refractivity contribution < 1.29 is 0 Å². The number of thiocarbonyl (C=S) groups is 1. The summed E-state index contributed by atoms with van der Waals surface area (Å²) in [7, 11) is 0. The van der Waals surface area contributed by atoms with Gasteiger partial charge in [0, 0.05) is 25.7 Å². The second kappa shape index (κ2) is 7.17. The summed E-state index contributed by atoms with van der Waals surface area (Å²) in [5.74, 6) is 1.38. The zero-order valence-corrected chi connectivity index (χ0v) is 12.4. The molecule has 1 aliphatic heterocycles. The number of hydrogen-bond acceptors (Lipinski definition) is 2. The minimum atomic E-state index is 0.637. The second-order valence-corrected chi connectivity index (χ2v) is 6.14. The van der Waals surface area contributed by atoms with Gasteiger partial charge in [0.15, 0.2) is 5.11 Å². The zero-order chi connectivity index (χ0) is 12.8. The van der Waals surface area contributed by atoms with Gasteiger partial charge in [-0.15, -0.1) is 0 Å². The van der Waals surface area contributed by atoms with Crippen molar-refractivity contribution in [3.05, 3.63) is 0 Å². The van der Waals surface area contributed by atoms with Gasteiger partial charge in [-0.25, -0.2) is 0 Å². The van der Waals surface area contributed by atoms with Gasteiger partial charge in [-0.3, -0.25) is 0 Å². The Hall–Kier alpha value is -0.350. The van der Waals surface area contributed by atoms with Crippen LogP contribution in [0, 0.1) is 11.8 Å². The van der Waals surface area contributed by atoms with E-state index in [0.717, 1.165) is 24.1 Å². The highest BCUT2D eigenvalue weighted by molar-refractivity contribution is 7.80. The van der Waals surface area contributed by atoms with Crippen LogP contribution >= 0.6 is 12.2 Å². The highest BCUT2D eigenvalue weighted by atomic mass is 32.1. The SMILES string of the molecule is CC(C)CNC(=S)NCC1CCN(C(C)C)C1. The Kier molecular flexibility index (Phi) is 6.20. The molecule has 0 aromatic heterocycles. The summed E-state index contributed by atoms with van der Waals surface area (Å²) < 4.78 is 0. The first-order valence-corrected chi connectivity index (χ1v) is 7.15. The summed E-state index contributed by atoms with van der Waals surface area (Å²) in [6.07, 6.45) is 1.29. The molecule has 0 saturated carbocycles. The van der Waals surface area contributed by atoms with E-state index in [9.17, 15) is 0 Å². The Labute approximate surface area is 111 Å². The van der Waals surface area contributed by atoms with E-state index in [4.69, 9.17) is 12.2 Å². The van der Waals surface area contributed by atoms with Gasteiger partial charge in [0.1, 0.15) is 0 Å². The molecule has 0 radical (unpaired) electrons. The summed E-state index contributed by atoms with van der Waals surface area (Å²) in [5.41, 5.74) is 0. The lowest BCUT2D eigenvalue weighted by atomic mass is 10.1. The van der Waals surface area contributed by atoms with Crippen LogP contribution in [0.5, 0.6) is 0 Å². The zero-order valence-electron chi connectivity index (χ0n) is 11.6. The van der Waals surface area contributed by atoms with Crippen LogP contribution in [0.1, 0.15) is 34.1 Å². The molecule has 100 valence electrons. The van der Waals surface area contributed by atoms with Gasteiger partial charge in [-0.05, 0) is 50.9 Å². The van der Waals surface area contributed by atoms with Crippen molar-refractivity contribution in [1.82, 2.24) is 15.5 Å². The van der Waals surface area contributed by atoms with Gasteiger partial charge >= 0.3 is 0 Å². The van der Waals surface area contributed by atoms with Gasteiger partial charge in [-0.1, -0.05) is 13.8 Å². The molecule has 17 heavy (non-hydrogen) atoms. The molecule has 1 heterocycles. The van der Waals surface area contributed by atoms with E-state index in [-0.39, 0.29) is 0 Å². The normalized spacial score (nSPS) is 21.2. The van der Waals surface area contributed by atoms with Crippen LogP contribution in [0.15, 0.2) is 0 Å². The van der Waals surface area contributed by atoms with Crippen LogP contribution in [-0.2, 0) is 0 Å². The van der Waals surface area contributed by atoms with E-state index >= 15 is 0 Å². The molecular weight excluding hydrogens is 230 g/mol. The molecule has 1 fully saturated rings. The third kappa shape index (κ3) is 5.68. The largest absolute Gasteiger partial charge is 0.362 e. The molecule has 0 bridgehead atoms. The molecular formula is C13H27N3S. The van der Waals surface area contributed by atoms with Crippen molar-refractivity contribution in [3.63, 3.8) is 0 Å². The standard InChI is InChI=1S/C13H27N3S/c1-10(2)7-14-13(17)15-8-12-5-6-16(9-12)11(3)4/h10-12H,5-9H2,1-4H3,(H2,14,15,17). The maximum atomic E-state index is 5.25. The first-order chi connectivity index (χ1) is 7.99. The van der Waals surface area contributed by atoms with Crippen molar-refractivity contribution in [2.45, 2.75) is 40.2 Å². The van der Waals surface area contributed by atoms with Crippen molar-refractivity contribution in [1.29, 1.82) is 0 Å². The average Bonchev–Trinajstić information content (AvgIpc) is 2.72. The predicted octanol–water partition coefficient (Wildman–Crippen LogP) is 1.84. The maximum Gasteiger partial charge on any atom is 0.166 e. The summed E-state index contributed by atoms with van der Waals surface area (Å²) in [6, 6.07) is 0.672. The molecule has 1 unspecified atom stereocenters. The monoisotopic (exact) mass is 257 g/mol. The Morgan fingerprint density at radius 1 is 1.29 bits per heavy atom. The minimum absolute atomic E-state index is 0.637. The van der Waals surface area contributed by atoms with Crippen molar-refractivity contribution in [3.8, 4) is 0 Å². The number of likely N-dealkylation sites (tertiary alicyclic amines) is 1. The predicted molar refractivity (Wildman–Crippen MR) is 78.3 cm³/mol. The summed E-state index contributed by atoms with van der Waals surface area (Å²) >= 11 is 5.25. The van der Waals surface area contributed by atoms with E-state index in [2.05, 4.69) is 43.2 Å². The number of rotatable bonds is 5. The quantitative estimate of drug-likeness (QED) is 0.735. The maximum absolute atomic E-state index is 5.25. The molecule has 1 atom stereocenters. The van der Waals surface area contributed by atoms with Crippen molar-refractivity contribution >= 4 is 17.3 Å². The molecule has 0 aromatic rings. The van der Waals surface area contributed by atoms with E-state index in [1.807, 2.05) is 0 Å². The van der Waals surface area contributed by atoms with Gasteiger partial charge < -0.3 is 15.5 Å². The first-order valence-electron chi connectivity index (χ1n) is 6.74. The third-order valence-corrected chi connectivity index (χ3v) is 3.56.